The molecule has 0 fully saturated rings. The van der Waals surface area contributed by atoms with E-state index in [4.69, 9.17) is 9.47 Å². The van der Waals surface area contributed by atoms with Gasteiger partial charge in [-0.15, -0.1) is 11.3 Å². The van der Waals surface area contributed by atoms with Gasteiger partial charge >= 0.3 is 12.1 Å². The fourth-order valence-electron chi connectivity index (χ4n) is 2.28. The zero-order valence-electron chi connectivity index (χ0n) is 16.5. The lowest BCUT2D eigenvalue weighted by molar-refractivity contribution is 0.0476. The van der Waals surface area contributed by atoms with E-state index in [0.717, 1.165) is 11.1 Å². The third-order valence-corrected chi connectivity index (χ3v) is 5.56. The Kier molecular flexibility index (Phi) is 8.51. The number of carbonyl (C=O) groups excluding carboxylic acids is 3. The van der Waals surface area contributed by atoms with Gasteiger partial charge in [0.1, 0.15) is 0 Å². The van der Waals surface area contributed by atoms with Gasteiger partial charge in [-0.25, -0.2) is 22.7 Å². The molecule has 0 bridgehead atoms. The molecule has 0 aliphatic heterocycles. The first kappa shape index (κ1) is 23.5. The number of carbonyl (C=O) groups is 3. The zero-order chi connectivity index (χ0) is 22.1. The van der Waals surface area contributed by atoms with Crippen molar-refractivity contribution in [3.63, 3.8) is 0 Å². The van der Waals surface area contributed by atoms with E-state index < -0.39 is 28.7 Å². The molecule has 0 aliphatic rings. The van der Waals surface area contributed by atoms with Crippen LogP contribution in [0.4, 0.5) is 10.5 Å². The van der Waals surface area contributed by atoms with E-state index in [9.17, 15) is 22.8 Å². The standard InChI is InChI=1S/C19H22N2O7S2/c1-3-27-19(24)21-14-6-4-13(5-7-14)18(23)28-12-16(22)17-9-8-15(29-17)10-11-20-30(2,25)26/h4-9,20H,3,10-12H2,1-2H3,(H,21,24). The van der Waals surface area contributed by atoms with Crippen molar-refractivity contribution in [2.45, 2.75) is 13.3 Å². The number of ether oxygens (including phenoxy) is 2. The summed E-state index contributed by atoms with van der Waals surface area (Å²) in [6.45, 7) is 1.76. The molecule has 0 saturated carbocycles. The Labute approximate surface area is 178 Å². The third kappa shape index (κ3) is 7.93. The maximum Gasteiger partial charge on any atom is 0.411 e. The first-order chi connectivity index (χ1) is 14.2. The van der Waals surface area contributed by atoms with Crippen LogP contribution >= 0.6 is 11.3 Å². The predicted molar refractivity (Wildman–Crippen MR) is 113 cm³/mol. The quantitative estimate of drug-likeness (QED) is 0.417. The summed E-state index contributed by atoms with van der Waals surface area (Å²) in [5.41, 5.74) is 0.688. The van der Waals surface area contributed by atoms with Crippen LogP contribution in [0.15, 0.2) is 36.4 Å². The molecule has 0 spiro atoms. The van der Waals surface area contributed by atoms with Crippen LogP contribution in [0, 0.1) is 0 Å². The lowest BCUT2D eigenvalue weighted by Gasteiger charge is -2.06. The second-order valence-corrected chi connectivity index (χ2v) is 9.11. The van der Waals surface area contributed by atoms with Crippen LogP contribution in [0.1, 0.15) is 31.8 Å². The van der Waals surface area contributed by atoms with Crippen molar-refractivity contribution in [3.8, 4) is 0 Å². The van der Waals surface area contributed by atoms with Crippen LogP contribution in [-0.4, -0.2) is 52.3 Å². The summed E-state index contributed by atoms with van der Waals surface area (Å²) in [4.78, 5) is 36.9. The highest BCUT2D eigenvalue weighted by molar-refractivity contribution is 7.88. The van der Waals surface area contributed by atoms with Crippen molar-refractivity contribution in [1.82, 2.24) is 4.72 Å². The van der Waals surface area contributed by atoms with Crippen molar-refractivity contribution < 1.29 is 32.3 Å². The number of nitrogens with one attached hydrogen (secondary N) is 2. The molecule has 0 atom stereocenters. The molecule has 1 aromatic heterocycles. The largest absolute Gasteiger partial charge is 0.454 e. The van der Waals surface area contributed by atoms with Crippen LogP contribution in [0.5, 0.6) is 0 Å². The number of Topliss-reactive ketones (excluding diaryl/α,β-unsaturated/α-hetero) is 1. The zero-order valence-corrected chi connectivity index (χ0v) is 18.1. The van der Waals surface area contributed by atoms with Gasteiger partial charge in [-0.3, -0.25) is 10.1 Å². The van der Waals surface area contributed by atoms with Crippen LogP contribution in [-0.2, 0) is 25.9 Å². The minimum absolute atomic E-state index is 0.232. The van der Waals surface area contributed by atoms with Crippen molar-refractivity contribution in [1.29, 1.82) is 0 Å². The van der Waals surface area contributed by atoms with Crippen LogP contribution in [0.3, 0.4) is 0 Å². The van der Waals surface area contributed by atoms with E-state index in [2.05, 4.69) is 10.0 Å². The van der Waals surface area contributed by atoms with Gasteiger partial charge in [0.05, 0.1) is 23.3 Å². The Morgan fingerprint density at radius 2 is 1.73 bits per heavy atom. The molecule has 11 heteroatoms. The Hall–Kier alpha value is -2.76. The monoisotopic (exact) mass is 454 g/mol. The van der Waals surface area contributed by atoms with E-state index in [1.165, 1.54) is 35.6 Å². The van der Waals surface area contributed by atoms with Crippen LogP contribution in [0.25, 0.3) is 0 Å². The van der Waals surface area contributed by atoms with Crippen molar-refractivity contribution >= 4 is 44.9 Å². The minimum atomic E-state index is -3.26. The maximum atomic E-state index is 12.2. The molecule has 0 saturated heterocycles. The Bertz CT molecular complexity index is 998. The first-order valence-electron chi connectivity index (χ1n) is 8.95. The lowest BCUT2D eigenvalue weighted by Crippen LogP contribution is -2.24. The summed E-state index contributed by atoms with van der Waals surface area (Å²) in [7, 11) is -3.26. The molecule has 30 heavy (non-hydrogen) atoms. The summed E-state index contributed by atoms with van der Waals surface area (Å²) < 4.78 is 34.3. The molecule has 1 amide bonds. The molecule has 2 aromatic rings. The molecule has 1 aromatic carbocycles. The fraction of sp³-hybridized carbons (Fsp3) is 0.316. The molecule has 2 N–H and O–H groups in total. The topological polar surface area (TPSA) is 128 Å². The van der Waals surface area contributed by atoms with E-state index in [-0.39, 0.29) is 24.5 Å². The second-order valence-electron chi connectivity index (χ2n) is 6.10. The Morgan fingerprint density at radius 1 is 1.03 bits per heavy atom. The number of hydrogen-bond acceptors (Lipinski definition) is 8. The molecule has 162 valence electrons. The van der Waals surface area contributed by atoms with Gasteiger partial charge in [0.25, 0.3) is 0 Å². The van der Waals surface area contributed by atoms with E-state index in [0.29, 0.717) is 17.0 Å². The minimum Gasteiger partial charge on any atom is -0.454 e. The number of anilines is 1. The van der Waals surface area contributed by atoms with Gasteiger partial charge in [-0.2, -0.15) is 0 Å². The van der Waals surface area contributed by atoms with E-state index in [1.54, 1.807) is 19.1 Å². The van der Waals surface area contributed by atoms with Crippen molar-refractivity contribution in [3.05, 3.63) is 51.7 Å². The normalized spacial score (nSPS) is 11.0. The molecule has 9 nitrogen and oxygen atoms in total. The number of ketones is 1. The number of amides is 1. The number of thiophene rings is 1. The van der Waals surface area contributed by atoms with Gasteiger partial charge in [-0.05, 0) is 49.7 Å². The van der Waals surface area contributed by atoms with Gasteiger partial charge in [0, 0.05) is 17.1 Å². The Morgan fingerprint density at radius 3 is 2.37 bits per heavy atom. The van der Waals surface area contributed by atoms with Crippen LogP contribution < -0.4 is 10.0 Å². The number of rotatable bonds is 10. The molecule has 1 heterocycles. The van der Waals surface area contributed by atoms with E-state index in [1.807, 2.05) is 0 Å². The molecule has 0 unspecified atom stereocenters. The highest BCUT2D eigenvalue weighted by atomic mass is 32.2. The second kappa shape index (κ2) is 10.9. The highest BCUT2D eigenvalue weighted by Crippen LogP contribution is 2.18. The summed E-state index contributed by atoms with van der Waals surface area (Å²) >= 11 is 1.22. The predicted octanol–water partition coefficient (Wildman–Crippen LogP) is 2.45. The smallest absolute Gasteiger partial charge is 0.411 e. The Balaban J connectivity index is 1.83. The number of esters is 1. The van der Waals surface area contributed by atoms with Crippen LogP contribution in [0.2, 0.25) is 0 Å². The summed E-state index contributed by atoms with van der Waals surface area (Å²) in [5, 5.41) is 2.50. The number of hydrogen-bond donors (Lipinski definition) is 2. The molecule has 2 rings (SSSR count). The van der Waals surface area contributed by atoms with Crippen molar-refractivity contribution in [2.75, 3.05) is 31.3 Å². The summed E-state index contributed by atoms with van der Waals surface area (Å²) in [6, 6.07) is 9.32. The fourth-order valence-corrected chi connectivity index (χ4v) is 3.69. The molecule has 0 aliphatic carbocycles. The first-order valence-corrected chi connectivity index (χ1v) is 11.7. The van der Waals surface area contributed by atoms with Gasteiger partial charge in [0.15, 0.2) is 6.61 Å². The van der Waals surface area contributed by atoms with Gasteiger partial charge in [-0.1, -0.05) is 0 Å². The molecule has 0 radical (unpaired) electrons. The highest BCUT2D eigenvalue weighted by Gasteiger charge is 2.14. The third-order valence-electron chi connectivity index (χ3n) is 3.65. The SMILES string of the molecule is CCOC(=O)Nc1ccc(C(=O)OCC(=O)c2ccc(CCNS(C)(=O)=O)s2)cc1. The van der Waals surface area contributed by atoms with Crippen molar-refractivity contribution in [2.24, 2.45) is 0 Å². The maximum absolute atomic E-state index is 12.2. The van der Waals surface area contributed by atoms with E-state index >= 15 is 0 Å². The molecular formula is C19H22N2O7S2. The average Bonchev–Trinajstić information content (AvgIpc) is 3.14. The molecular weight excluding hydrogens is 432 g/mol. The number of benzene rings is 1. The number of sulfonamides is 1. The van der Waals surface area contributed by atoms with Gasteiger partial charge < -0.3 is 9.47 Å². The van der Waals surface area contributed by atoms with Gasteiger partial charge in [0.2, 0.25) is 15.8 Å². The summed E-state index contributed by atoms with van der Waals surface area (Å²) in [6.07, 6.45) is 0.937. The lowest BCUT2D eigenvalue weighted by atomic mass is 10.2. The average molecular weight is 455 g/mol. The summed E-state index contributed by atoms with van der Waals surface area (Å²) in [5.74, 6) is -1.02.